The van der Waals surface area contributed by atoms with Crippen molar-refractivity contribution in [2.75, 3.05) is 6.61 Å². The van der Waals surface area contributed by atoms with E-state index in [1.165, 1.54) is 6.42 Å². The largest absolute Gasteiger partial charge is 0.385 e. The summed E-state index contributed by atoms with van der Waals surface area (Å²) in [7, 11) is 0. The number of ether oxygens (including phenoxy) is 1. The zero-order chi connectivity index (χ0) is 14.8. The van der Waals surface area contributed by atoms with Crippen LogP contribution in [0.1, 0.15) is 56.8 Å². The summed E-state index contributed by atoms with van der Waals surface area (Å²) in [6.07, 6.45) is 3.54. The zero-order valence-corrected chi connectivity index (χ0v) is 13.4. The lowest BCUT2D eigenvalue weighted by Gasteiger charge is -2.43. The van der Waals surface area contributed by atoms with E-state index < -0.39 is 11.7 Å². The van der Waals surface area contributed by atoms with Crippen LogP contribution >= 0.6 is 11.6 Å². The van der Waals surface area contributed by atoms with Crippen LogP contribution in [0.5, 0.6) is 0 Å². The van der Waals surface area contributed by atoms with Gasteiger partial charge in [0.1, 0.15) is 6.10 Å². The third-order valence-electron chi connectivity index (χ3n) is 4.43. The summed E-state index contributed by atoms with van der Waals surface area (Å²) in [4.78, 5) is 0. The molecule has 1 aliphatic rings. The van der Waals surface area contributed by atoms with Gasteiger partial charge in [0, 0.05) is 11.6 Å². The first-order valence-electron chi connectivity index (χ1n) is 7.56. The van der Waals surface area contributed by atoms with Crippen LogP contribution in [-0.2, 0) is 4.74 Å². The molecule has 1 aromatic rings. The predicted molar refractivity (Wildman–Crippen MR) is 83.1 cm³/mol. The lowest BCUT2D eigenvalue weighted by molar-refractivity contribution is -0.150. The molecule has 3 heteroatoms. The fourth-order valence-corrected chi connectivity index (χ4v) is 3.56. The monoisotopic (exact) mass is 296 g/mol. The van der Waals surface area contributed by atoms with E-state index >= 15 is 0 Å². The molecule has 0 spiro atoms. The molecule has 0 heterocycles. The SMILES string of the molecule is CCOC1(C(O)c2ccc(C)c(Cl)c2)CCCC(C)C1. The van der Waals surface area contributed by atoms with Crippen molar-refractivity contribution < 1.29 is 9.84 Å². The first kappa shape index (κ1) is 15.8. The van der Waals surface area contributed by atoms with Crippen molar-refractivity contribution in [2.45, 2.75) is 58.2 Å². The molecule has 1 saturated carbocycles. The maximum Gasteiger partial charge on any atom is 0.108 e. The van der Waals surface area contributed by atoms with Crippen LogP contribution in [-0.4, -0.2) is 17.3 Å². The van der Waals surface area contributed by atoms with Crippen molar-refractivity contribution in [2.24, 2.45) is 5.92 Å². The molecule has 3 atom stereocenters. The second-order valence-electron chi connectivity index (χ2n) is 6.11. The average Bonchev–Trinajstić information content (AvgIpc) is 2.41. The Balaban J connectivity index is 2.30. The second kappa shape index (κ2) is 6.46. The van der Waals surface area contributed by atoms with Gasteiger partial charge in [-0.25, -0.2) is 0 Å². The Morgan fingerprint density at radius 1 is 1.50 bits per heavy atom. The molecule has 3 unspecified atom stereocenters. The van der Waals surface area contributed by atoms with Gasteiger partial charge in [-0.05, 0) is 49.8 Å². The number of hydrogen-bond acceptors (Lipinski definition) is 2. The molecule has 0 aliphatic heterocycles. The summed E-state index contributed by atoms with van der Waals surface area (Å²) in [5.74, 6) is 0.589. The van der Waals surface area contributed by atoms with Gasteiger partial charge in [0.25, 0.3) is 0 Å². The first-order valence-corrected chi connectivity index (χ1v) is 7.94. The van der Waals surface area contributed by atoms with E-state index in [1.54, 1.807) is 0 Å². The van der Waals surface area contributed by atoms with Crippen molar-refractivity contribution in [3.8, 4) is 0 Å². The lowest BCUT2D eigenvalue weighted by atomic mass is 9.74. The molecule has 0 aromatic heterocycles. The maximum absolute atomic E-state index is 10.9. The van der Waals surface area contributed by atoms with Crippen LogP contribution < -0.4 is 0 Å². The van der Waals surface area contributed by atoms with Crippen LogP contribution in [0.3, 0.4) is 0 Å². The summed E-state index contributed by atoms with van der Waals surface area (Å²) in [5.41, 5.74) is 1.44. The summed E-state index contributed by atoms with van der Waals surface area (Å²) >= 11 is 6.20. The number of aryl methyl sites for hydroxylation is 1. The van der Waals surface area contributed by atoms with E-state index in [9.17, 15) is 5.11 Å². The zero-order valence-electron chi connectivity index (χ0n) is 12.7. The van der Waals surface area contributed by atoms with Crippen molar-refractivity contribution in [1.82, 2.24) is 0 Å². The second-order valence-corrected chi connectivity index (χ2v) is 6.52. The van der Waals surface area contributed by atoms with Gasteiger partial charge in [-0.3, -0.25) is 0 Å². The highest BCUT2D eigenvalue weighted by Crippen LogP contribution is 2.44. The van der Waals surface area contributed by atoms with Crippen LogP contribution in [0.15, 0.2) is 18.2 Å². The van der Waals surface area contributed by atoms with E-state index in [1.807, 2.05) is 32.0 Å². The van der Waals surface area contributed by atoms with Gasteiger partial charge in [0.2, 0.25) is 0 Å². The number of halogens is 1. The highest BCUT2D eigenvalue weighted by Gasteiger charge is 2.42. The van der Waals surface area contributed by atoms with Gasteiger partial charge in [0.15, 0.2) is 0 Å². The normalized spacial score (nSPS) is 28.4. The Kier molecular flexibility index (Phi) is 5.11. The topological polar surface area (TPSA) is 29.5 Å². The molecule has 1 aromatic carbocycles. The molecule has 1 N–H and O–H groups in total. The molecule has 20 heavy (non-hydrogen) atoms. The van der Waals surface area contributed by atoms with E-state index in [2.05, 4.69) is 6.92 Å². The number of aliphatic hydroxyl groups is 1. The molecule has 2 nitrogen and oxygen atoms in total. The quantitative estimate of drug-likeness (QED) is 0.875. The van der Waals surface area contributed by atoms with Gasteiger partial charge in [-0.2, -0.15) is 0 Å². The van der Waals surface area contributed by atoms with Gasteiger partial charge in [-0.15, -0.1) is 0 Å². The van der Waals surface area contributed by atoms with Crippen LogP contribution in [0, 0.1) is 12.8 Å². The van der Waals surface area contributed by atoms with E-state index in [-0.39, 0.29) is 0 Å². The Hall–Kier alpha value is -0.570. The average molecular weight is 297 g/mol. The fourth-order valence-electron chi connectivity index (χ4n) is 3.37. The molecule has 112 valence electrons. The fraction of sp³-hybridized carbons (Fsp3) is 0.647. The van der Waals surface area contributed by atoms with Crippen molar-refractivity contribution >= 4 is 11.6 Å². The molecule has 0 saturated heterocycles. The Morgan fingerprint density at radius 3 is 2.85 bits per heavy atom. The van der Waals surface area contributed by atoms with Gasteiger partial charge in [-0.1, -0.05) is 43.5 Å². The lowest BCUT2D eigenvalue weighted by Crippen LogP contribution is -2.43. The van der Waals surface area contributed by atoms with Crippen molar-refractivity contribution in [3.63, 3.8) is 0 Å². The van der Waals surface area contributed by atoms with E-state index in [0.29, 0.717) is 17.5 Å². The number of hydrogen-bond donors (Lipinski definition) is 1. The molecular formula is C17H25ClO2. The minimum atomic E-state index is -0.608. The van der Waals surface area contributed by atoms with Gasteiger partial charge < -0.3 is 9.84 Å². The standard InChI is InChI=1S/C17H25ClO2/c1-4-20-17(9-5-6-12(2)11-17)16(19)14-8-7-13(3)15(18)10-14/h7-8,10,12,16,19H,4-6,9,11H2,1-3H3. The summed E-state index contributed by atoms with van der Waals surface area (Å²) in [6.45, 7) is 6.83. The van der Waals surface area contributed by atoms with Crippen LogP contribution in [0.25, 0.3) is 0 Å². The number of rotatable bonds is 4. The molecule has 2 rings (SSSR count). The smallest absolute Gasteiger partial charge is 0.108 e. The molecule has 0 radical (unpaired) electrons. The third-order valence-corrected chi connectivity index (χ3v) is 4.84. The Bertz CT molecular complexity index is 456. The van der Waals surface area contributed by atoms with Crippen LogP contribution in [0.4, 0.5) is 0 Å². The highest BCUT2D eigenvalue weighted by molar-refractivity contribution is 6.31. The first-order chi connectivity index (χ1) is 9.48. The molecular weight excluding hydrogens is 272 g/mol. The number of benzene rings is 1. The molecule has 1 aliphatic carbocycles. The van der Waals surface area contributed by atoms with E-state index in [0.717, 1.165) is 30.4 Å². The summed E-state index contributed by atoms with van der Waals surface area (Å²) in [5, 5.41) is 11.6. The summed E-state index contributed by atoms with van der Waals surface area (Å²) in [6, 6.07) is 5.81. The van der Waals surface area contributed by atoms with Crippen LogP contribution in [0.2, 0.25) is 5.02 Å². The van der Waals surface area contributed by atoms with E-state index in [4.69, 9.17) is 16.3 Å². The van der Waals surface area contributed by atoms with Gasteiger partial charge in [0.05, 0.1) is 5.60 Å². The summed E-state index contributed by atoms with van der Waals surface area (Å²) < 4.78 is 6.03. The molecule has 1 fully saturated rings. The van der Waals surface area contributed by atoms with Crippen molar-refractivity contribution in [3.05, 3.63) is 34.3 Å². The molecule has 0 amide bonds. The molecule has 0 bridgehead atoms. The maximum atomic E-state index is 10.9. The van der Waals surface area contributed by atoms with Gasteiger partial charge >= 0.3 is 0 Å². The Labute approximate surface area is 127 Å². The highest BCUT2D eigenvalue weighted by atomic mass is 35.5. The minimum Gasteiger partial charge on any atom is -0.385 e. The number of aliphatic hydroxyl groups excluding tert-OH is 1. The predicted octanol–water partition coefficient (Wildman–Crippen LogP) is 4.67. The van der Waals surface area contributed by atoms with Crippen molar-refractivity contribution in [1.29, 1.82) is 0 Å². The minimum absolute atomic E-state index is 0.453. The third kappa shape index (κ3) is 3.19. The Morgan fingerprint density at radius 2 is 2.25 bits per heavy atom.